The number of halogens is 1. The van der Waals surface area contributed by atoms with E-state index in [2.05, 4.69) is 0 Å². The van der Waals surface area contributed by atoms with Crippen LogP contribution in [0.5, 0.6) is 0 Å². The Morgan fingerprint density at radius 2 is 2.14 bits per heavy atom. The Labute approximate surface area is 135 Å². The molecule has 22 heavy (non-hydrogen) atoms. The quantitative estimate of drug-likeness (QED) is 0.845. The molecule has 1 N–H and O–H groups in total. The zero-order chi connectivity index (χ0) is 16.5. The van der Waals surface area contributed by atoms with Gasteiger partial charge in [-0.2, -0.15) is 0 Å². The summed E-state index contributed by atoms with van der Waals surface area (Å²) in [6.07, 6.45) is -1.69. The standard InChI is InChI=1S/C16H21ClO5/c1-15(2,3)13-20-9-16(4,19)14(22-13)21-12(18)10-6-5-7-11(17)8-10/h5-8,13-14,19H,9H2,1-4H3/t13-,14+,16-/m0/s1. The second-order valence-corrected chi connectivity index (χ2v) is 7.19. The van der Waals surface area contributed by atoms with Crippen LogP contribution in [0, 0.1) is 5.41 Å². The highest BCUT2D eigenvalue weighted by molar-refractivity contribution is 6.30. The summed E-state index contributed by atoms with van der Waals surface area (Å²) in [6.45, 7) is 7.33. The molecule has 1 aliphatic rings. The SMILES string of the molecule is CC(C)(C)[C@H]1OC[C@](C)(O)[C@H](OC(=O)c2cccc(Cl)c2)O1. The molecule has 6 heteroatoms. The number of hydrogen-bond donors (Lipinski definition) is 1. The third-order valence-corrected chi connectivity index (χ3v) is 3.50. The van der Waals surface area contributed by atoms with E-state index in [1.54, 1.807) is 18.2 Å². The molecule has 5 nitrogen and oxygen atoms in total. The van der Waals surface area contributed by atoms with E-state index < -0.39 is 24.2 Å². The van der Waals surface area contributed by atoms with Crippen molar-refractivity contribution >= 4 is 17.6 Å². The minimum absolute atomic E-state index is 0.0163. The molecular formula is C16H21ClO5. The Morgan fingerprint density at radius 3 is 2.73 bits per heavy atom. The normalized spacial score (nSPS) is 29.2. The molecule has 0 radical (unpaired) electrons. The molecule has 3 atom stereocenters. The average molecular weight is 329 g/mol. The van der Waals surface area contributed by atoms with Crippen molar-refractivity contribution < 1.29 is 24.1 Å². The van der Waals surface area contributed by atoms with E-state index in [0.717, 1.165) is 0 Å². The second kappa shape index (κ2) is 6.16. The first-order valence-corrected chi connectivity index (χ1v) is 7.43. The van der Waals surface area contributed by atoms with Gasteiger partial charge in [0.25, 0.3) is 0 Å². The first kappa shape index (κ1) is 17.2. The van der Waals surface area contributed by atoms with Gasteiger partial charge in [0.15, 0.2) is 6.29 Å². The van der Waals surface area contributed by atoms with E-state index >= 15 is 0 Å². The Bertz CT molecular complexity index is 550. The lowest BCUT2D eigenvalue weighted by atomic mass is 9.94. The lowest BCUT2D eigenvalue weighted by Gasteiger charge is -2.43. The summed E-state index contributed by atoms with van der Waals surface area (Å²) in [4.78, 5) is 12.2. The monoisotopic (exact) mass is 328 g/mol. The van der Waals surface area contributed by atoms with Crippen molar-refractivity contribution in [2.45, 2.75) is 45.9 Å². The lowest BCUT2D eigenvalue weighted by molar-refractivity contribution is -0.358. The van der Waals surface area contributed by atoms with Gasteiger partial charge in [-0.05, 0) is 25.1 Å². The van der Waals surface area contributed by atoms with Gasteiger partial charge in [-0.3, -0.25) is 0 Å². The van der Waals surface area contributed by atoms with E-state index in [0.29, 0.717) is 10.6 Å². The van der Waals surface area contributed by atoms with Crippen LogP contribution in [0.2, 0.25) is 5.02 Å². The van der Waals surface area contributed by atoms with Crippen LogP contribution < -0.4 is 0 Å². The topological polar surface area (TPSA) is 65.0 Å². The smallest absolute Gasteiger partial charge is 0.340 e. The van der Waals surface area contributed by atoms with Gasteiger partial charge in [0, 0.05) is 10.4 Å². The number of esters is 1. The van der Waals surface area contributed by atoms with Crippen LogP contribution in [0.3, 0.4) is 0 Å². The number of carbonyl (C=O) groups excluding carboxylic acids is 1. The maximum atomic E-state index is 12.2. The molecule has 1 fully saturated rings. The average Bonchev–Trinajstić information content (AvgIpc) is 2.39. The van der Waals surface area contributed by atoms with Crippen LogP contribution in [-0.2, 0) is 14.2 Å². The Hall–Kier alpha value is -1.14. The first-order valence-electron chi connectivity index (χ1n) is 7.05. The summed E-state index contributed by atoms with van der Waals surface area (Å²) >= 11 is 5.86. The van der Waals surface area contributed by atoms with Gasteiger partial charge in [-0.15, -0.1) is 0 Å². The highest BCUT2D eigenvalue weighted by Gasteiger charge is 2.46. The van der Waals surface area contributed by atoms with Gasteiger partial charge in [-0.25, -0.2) is 4.79 Å². The molecule has 0 amide bonds. The van der Waals surface area contributed by atoms with Crippen molar-refractivity contribution in [2.75, 3.05) is 6.61 Å². The molecule has 1 heterocycles. The first-order chi connectivity index (χ1) is 10.1. The van der Waals surface area contributed by atoms with Crippen LogP contribution in [-0.4, -0.2) is 35.9 Å². The summed E-state index contributed by atoms with van der Waals surface area (Å²) in [5.41, 5.74) is -1.43. The lowest BCUT2D eigenvalue weighted by Crippen LogP contribution is -2.56. The molecular weight excluding hydrogens is 308 g/mol. The number of benzene rings is 1. The Kier molecular flexibility index (Phi) is 4.82. The van der Waals surface area contributed by atoms with E-state index in [-0.39, 0.29) is 12.0 Å². The van der Waals surface area contributed by atoms with Crippen LogP contribution in [0.15, 0.2) is 24.3 Å². The van der Waals surface area contributed by atoms with Gasteiger partial charge in [0.05, 0.1) is 12.2 Å². The van der Waals surface area contributed by atoms with Crippen molar-refractivity contribution in [1.29, 1.82) is 0 Å². The van der Waals surface area contributed by atoms with Crippen molar-refractivity contribution in [2.24, 2.45) is 5.41 Å². The third-order valence-electron chi connectivity index (χ3n) is 3.26. The fraction of sp³-hybridized carbons (Fsp3) is 0.562. The molecule has 1 aliphatic heterocycles. The molecule has 0 saturated carbocycles. The number of aliphatic hydroxyl groups is 1. The molecule has 1 saturated heterocycles. The predicted molar refractivity (Wildman–Crippen MR) is 81.6 cm³/mol. The number of rotatable bonds is 2. The fourth-order valence-electron chi connectivity index (χ4n) is 2.00. The predicted octanol–water partition coefficient (Wildman–Crippen LogP) is 2.99. The van der Waals surface area contributed by atoms with Crippen molar-refractivity contribution in [1.82, 2.24) is 0 Å². The maximum absolute atomic E-state index is 12.2. The summed E-state index contributed by atoms with van der Waals surface area (Å²) in [7, 11) is 0. The minimum Gasteiger partial charge on any atom is -0.429 e. The van der Waals surface area contributed by atoms with Gasteiger partial charge in [0.2, 0.25) is 6.29 Å². The summed E-state index contributed by atoms with van der Waals surface area (Å²) in [5.74, 6) is -0.609. The summed E-state index contributed by atoms with van der Waals surface area (Å²) in [6, 6.07) is 6.40. The van der Waals surface area contributed by atoms with Crippen LogP contribution >= 0.6 is 11.6 Å². The molecule has 122 valence electrons. The molecule has 0 aromatic heterocycles. The molecule has 0 unspecified atom stereocenters. The fourth-order valence-corrected chi connectivity index (χ4v) is 2.19. The van der Waals surface area contributed by atoms with Gasteiger partial charge in [0.1, 0.15) is 5.60 Å². The zero-order valence-electron chi connectivity index (χ0n) is 13.1. The number of ether oxygens (including phenoxy) is 3. The zero-order valence-corrected chi connectivity index (χ0v) is 13.9. The number of hydrogen-bond acceptors (Lipinski definition) is 5. The van der Waals surface area contributed by atoms with Crippen LogP contribution in [0.4, 0.5) is 0 Å². The van der Waals surface area contributed by atoms with E-state index in [1.165, 1.54) is 13.0 Å². The van der Waals surface area contributed by atoms with Crippen molar-refractivity contribution in [3.63, 3.8) is 0 Å². The molecule has 0 spiro atoms. The van der Waals surface area contributed by atoms with E-state index in [1.807, 2.05) is 20.8 Å². The van der Waals surface area contributed by atoms with E-state index in [9.17, 15) is 9.90 Å². The molecule has 1 aromatic rings. The summed E-state index contributed by atoms with van der Waals surface area (Å²) in [5, 5.41) is 10.7. The molecule has 1 aromatic carbocycles. The minimum atomic E-state index is -1.42. The van der Waals surface area contributed by atoms with Gasteiger partial charge < -0.3 is 19.3 Å². The summed E-state index contributed by atoms with van der Waals surface area (Å²) < 4.78 is 16.5. The van der Waals surface area contributed by atoms with Crippen LogP contribution in [0.25, 0.3) is 0 Å². The van der Waals surface area contributed by atoms with Gasteiger partial charge in [-0.1, -0.05) is 38.4 Å². The highest BCUT2D eigenvalue weighted by atomic mass is 35.5. The van der Waals surface area contributed by atoms with Gasteiger partial charge >= 0.3 is 5.97 Å². The molecule has 0 bridgehead atoms. The van der Waals surface area contributed by atoms with E-state index in [4.69, 9.17) is 25.8 Å². The third kappa shape index (κ3) is 3.98. The Balaban J connectivity index is 2.13. The van der Waals surface area contributed by atoms with Crippen molar-refractivity contribution in [3.05, 3.63) is 34.9 Å². The molecule has 0 aliphatic carbocycles. The highest BCUT2D eigenvalue weighted by Crippen LogP contribution is 2.33. The Morgan fingerprint density at radius 1 is 1.45 bits per heavy atom. The molecule has 2 rings (SSSR count). The largest absolute Gasteiger partial charge is 0.429 e. The van der Waals surface area contributed by atoms with Crippen molar-refractivity contribution in [3.8, 4) is 0 Å². The maximum Gasteiger partial charge on any atom is 0.340 e. The second-order valence-electron chi connectivity index (χ2n) is 6.75. The number of carbonyl (C=O) groups is 1. The van der Waals surface area contributed by atoms with Crippen LogP contribution in [0.1, 0.15) is 38.1 Å².